The van der Waals surface area contributed by atoms with E-state index in [0.717, 1.165) is 6.42 Å². The number of allylic oxidation sites excluding steroid dienone is 1. The van der Waals surface area contributed by atoms with Gasteiger partial charge >= 0.3 is 0 Å². The van der Waals surface area contributed by atoms with Gasteiger partial charge in [0.05, 0.1) is 0 Å². The molecule has 102 valence electrons. The molecule has 0 radical (unpaired) electrons. The predicted molar refractivity (Wildman–Crippen MR) is 90.5 cm³/mol. The van der Waals surface area contributed by atoms with Crippen LogP contribution in [-0.2, 0) is 6.42 Å². The summed E-state index contributed by atoms with van der Waals surface area (Å²) >= 11 is 0. The molecule has 0 aliphatic heterocycles. The Balaban J connectivity index is 2.08. The molecule has 0 heteroatoms. The van der Waals surface area contributed by atoms with Gasteiger partial charge in [-0.25, -0.2) is 0 Å². The molecule has 0 amide bonds. The summed E-state index contributed by atoms with van der Waals surface area (Å²) in [7, 11) is 0. The molecule has 0 saturated carbocycles. The molecule has 0 fully saturated rings. The van der Waals surface area contributed by atoms with Crippen molar-refractivity contribution < 1.29 is 0 Å². The van der Waals surface area contributed by atoms with Crippen LogP contribution in [0.5, 0.6) is 0 Å². The van der Waals surface area contributed by atoms with E-state index in [1.165, 1.54) is 44.2 Å². The number of rotatable bonds is 1. The quantitative estimate of drug-likeness (QED) is 0.545. The molecule has 0 N–H and O–H groups in total. The monoisotopic (exact) mass is 270 g/mol. The van der Waals surface area contributed by atoms with Gasteiger partial charge in [0.15, 0.2) is 0 Å². The maximum absolute atomic E-state index is 2.27. The topological polar surface area (TPSA) is 0 Å². The normalized spacial score (nSPS) is 13.8. The van der Waals surface area contributed by atoms with Crippen LogP contribution in [0.15, 0.2) is 66.2 Å². The summed E-state index contributed by atoms with van der Waals surface area (Å²) in [5.41, 5.74) is 8.57. The highest BCUT2D eigenvalue weighted by atomic mass is 14.3. The molecule has 0 bridgehead atoms. The van der Waals surface area contributed by atoms with E-state index >= 15 is 0 Å². The average Bonchev–Trinajstić information content (AvgIpc) is 2.83. The zero-order valence-corrected chi connectivity index (χ0v) is 12.5. The lowest BCUT2D eigenvalue weighted by molar-refractivity contribution is 1.19. The summed E-state index contributed by atoms with van der Waals surface area (Å²) in [5.74, 6) is 0. The first-order valence-corrected chi connectivity index (χ1v) is 7.52. The molecule has 3 aromatic rings. The standard InChI is InChI=1S/C21H18/c1-14-11-12-16-7-3-5-9-18(16)20(14)21-15(2)13-17-8-4-6-10-19(17)21/h3-12H,13H2,1-2H3. The lowest BCUT2D eigenvalue weighted by Gasteiger charge is -2.14. The Labute approximate surface area is 125 Å². The van der Waals surface area contributed by atoms with Crippen molar-refractivity contribution in [2.24, 2.45) is 0 Å². The second kappa shape index (κ2) is 4.60. The van der Waals surface area contributed by atoms with Gasteiger partial charge in [-0.3, -0.25) is 0 Å². The van der Waals surface area contributed by atoms with Gasteiger partial charge in [0, 0.05) is 0 Å². The Kier molecular flexibility index (Phi) is 2.71. The van der Waals surface area contributed by atoms with Crippen molar-refractivity contribution >= 4 is 16.3 Å². The molecule has 0 spiro atoms. The molecule has 0 saturated heterocycles. The van der Waals surface area contributed by atoms with E-state index < -0.39 is 0 Å². The van der Waals surface area contributed by atoms with Crippen LogP contribution < -0.4 is 0 Å². The molecule has 0 heterocycles. The van der Waals surface area contributed by atoms with Crippen LogP contribution in [0, 0.1) is 6.92 Å². The number of benzene rings is 3. The van der Waals surface area contributed by atoms with Crippen LogP contribution >= 0.6 is 0 Å². The molecule has 3 aromatic carbocycles. The maximum atomic E-state index is 2.27. The van der Waals surface area contributed by atoms with Crippen LogP contribution in [0.4, 0.5) is 0 Å². The summed E-state index contributed by atoms with van der Waals surface area (Å²) in [6, 6.07) is 22.0. The second-order valence-corrected chi connectivity index (χ2v) is 5.97. The van der Waals surface area contributed by atoms with Crippen molar-refractivity contribution in [3.8, 4) is 0 Å². The highest BCUT2D eigenvalue weighted by molar-refractivity contribution is 6.01. The van der Waals surface area contributed by atoms with Crippen LogP contribution in [0.25, 0.3) is 16.3 Å². The number of aryl methyl sites for hydroxylation is 1. The van der Waals surface area contributed by atoms with Crippen LogP contribution in [0.3, 0.4) is 0 Å². The van der Waals surface area contributed by atoms with E-state index in [0.29, 0.717) is 0 Å². The lowest BCUT2D eigenvalue weighted by Crippen LogP contribution is -1.93. The van der Waals surface area contributed by atoms with Crippen molar-refractivity contribution in [2.75, 3.05) is 0 Å². The third-order valence-electron chi connectivity index (χ3n) is 4.56. The van der Waals surface area contributed by atoms with Crippen molar-refractivity contribution in [1.29, 1.82) is 0 Å². The largest absolute Gasteiger partial charge is 0.0619 e. The maximum Gasteiger partial charge on any atom is -0.00543 e. The van der Waals surface area contributed by atoms with Gasteiger partial charge in [0.2, 0.25) is 0 Å². The Bertz CT molecular complexity index is 881. The molecule has 1 aliphatic carbocycles. The highest BCUT2D eigenvalue weighted by Gasteiger charge is 2.22. The predicted octanol–water partition coefficient (Wildman–Crippen LogP) is 5.53. The average molecular weight is 270 g/mol. The van der Waals surface area contributed by atoms with Crippen molar-refractivity contribution in [3.63, 3.8) is 0 Å². The highest BCUT2D eigenvalue weighted by Crippen LogP contribution is 2.41. The van der Waals surface area contributed by atoms with Crippen molar-refractivity contribution in [3.05, 3.63) is 88.5 Å². The van der Waals surface area contributed by atoms with Gasteiger partial charge < -0.3 is 0 Å². The van der Waals surface area contributed by atoms with E-state index in [1.54, 1.807) is 0 Å². The summed E-state index contributed by atoms with van der Waals surface area (Å²) in [6.07, 6.45) is 1.08. The molecule has 0 aromatic heterocycles. The van der Waals surface area contributed by atoms with Gasteiger partial charge in [-0.05, 0) is 58.9 Å². The Morgan fingerprint density at radius 1 is 0.762 bits per heavy atom. The fraction of sp³-hybridized carbons (Fsp3) is 0.143. The number of hydrogen-bond donors (Lipinski definition) is 0. The van der Waals surface area contributed by atoms with E-state index in [-0.39, 0.29) is 0 Å². The summed E-state index contributed by atoms with van der Waals surface area (Å²) in [5, 5.41) is 2.69. The van der Waals surface area contributed by atoms with E-state index in [1.807, 2.05) is 0 Å². The zero-order chi connectivity index (χ0) is 14.4. The molecule has 4 rings (SSSR count). The molecule has 0 atom stereocenters. The first kappa shape index (κ1) is 12.4. The van der Waals surface area contributed by atoms with Crippen LogP contribution in [-0.4, -0.2) is 0 Å². The minimum atomic E-state index is 1.08. The molecule has 0 nitrogen and oxygen atoms in total. The Morgan fingerprint density at radius 3 is 2.43 bits per heavy atom. The zero-order valence-electron chi connectivity index (χ0n) is 12.5. The molecule has 0 unspecified atom stereocenters. The smallest absolute Gasteiger partial charge is 0.00543 e. The minimum absolute atomic E-state index is 1.08. The third-order valence-corrected chi connectivity index (χ3v) is 4.56. The van der Waals surface area contributed by atoms with Gasteiger partial charge in [0.25, 0.3) is 0 Å². The van der Waals surface area contributed by atoms with Gasteiger partial charge in [-0.2, -0.15) is 0 Å². The van der Waals surface area contributed by atoms with Gasteiger partial charge in [-0.15, -0.1) is 0 Å². The van der Waals surface area contributed by atoms with E-state index in [4.69, 9.17) is 0 Å². The van der Waals surface area contributed by atoms with E-state index in [9.17, 15) is 0 Å². The third kappa shape index (κ3) is 1.83. The first-order chi connectivity index (χ1) is 10.3. The Morgan fingerprint density at radius 2 is 1.52 bits per heavy atom. The second-order valence-electron chi connectivity index (χ2n) is 5.97. The molecular weight excluding hydrogens is 252 g/mol. The summed E-state index contributed by atoms with van der Waals surface area (Å²) < 4.78 is 0. The van der Waals surface area contributed by atoms with Gasteiger partial charge in [0.1, 0.15) is 0 Å². The lowest BCUT2D eigenvalue weighted by atomic mass is 9.90. The molecule has 21 heavy (non-hydrogen) atoms. The van der Waals surface area contributed by atoms with Crippen LogP contribution in [0.1, 0.15) is 29.2 Å². The van der Waals surface area contributed by atoms with Crippen molar-refractivity contribution in [2.45, 2.75) is 20.3 Å². The summed E-state index contributed by atoms with van der Waals surface area (Å²) in [4.78, 5) is 0. The fourth-order valence-corrected chi connectivity index (χ4v) is 3.58. The number of hydrogen-bond acceptors (Lipinski definition) is 0. The summed E-state index contributed by atoms with van der Waals surface area (Å²) in [6.45, 7) is 4.50. The van der Waals surface area contributed by atoms with E-state index in [2.05, 4.69) is 74.5 Å². The van der Waals surface area contributed by atoms with Crippen molar-refractivity contribution in [1.82, 2.24) is 0 Å². The van der Waals surface area contributed by atoms with Crippen LogP contribution in [0.2, 0.25) is 0 Å². The molecular formula is C21H18. The fourth-order valence-electron chi connectivity index (χ4n) is 3.58. The number of fused-ring (bicyclic) bond motifs is 2. The van der Waals surface area contributed by atoms with Gasteiger partial charge in [-0.1, -0.05) is 66.2 Å². The minimum Gasteiger partial charge on any atom is -0.0619 e. The SMILES string of the molecule is CC1=C(c2c(C)ccc3ccccc23)c2ccccc2C1. The molecule has 1 aliphatic rings. The first-order valence-electron chi connectivity index (χ1n) is 7.52. The Hall–Kier alpha value is -2.34.